The molecule has 0 bridgehead atoms. The van der Waals surface area contributed by atoms with Gasteiger partial charge in [-0.15, -0.1) is 4.91 Å². The molecule has 19 heavy (non-hydrogen) atoms. The molecular formula is C13H15F3N2O. The van der Waals surface area contributed by atoms with Gasteiger partial charge >= 0.3 is 6.18 Å². The molecule has 0 aromatic heterocycles. The average Bonchev–Trinajstić information content (AvgIpc) is 2.40. The van der Waals surface area contributed by atoms with Crippen LogP contribution in [0.5, 0.6) is 0 Å². The smallest absolute Gasteiger partial charge is 0.226 e. The lowest BCUT2D eigenvalue weighted by Gasteiger charge is -2.29. The standard InChI is InChI=1S/C13H15F3N2O/c14-13(15,16)10-6-8-12(9-7-10)18(17-19)11-4-2-1-3-5-11/h6-9,11H,1-5H2. The number of nitrogens with zero attached hydrogens (tertiary/aromatic N) is 2. The molecule has 1 aliphatic rings. The van der Waals surface area contributed by atoms with Crippen molar-refractivity contribution < 1.29 is 13.2 Å². The van der Waals surface area contributed by atoms with Crippen LogP contribution in [0.1, 0.15) is 37.7 Å². The SMILES string of the molecule is O=NN(c1ccc(C(F)(F)F)cc1)C1CCCCC1. The first-order valence-corrected chi connectivity index (χ1v) is 6.32. The van der Waals surface area contributed by atoms with Crippen LogP contribution in [0, 0.1) is 4.91 Å². The molecule has 1 aromatic rings. The van der Waals surface area contributed by atoms with Crippen LogP contribution in [0.4, 0.5) is 18.9 Å². The Morgan fingerprint density at radius 3 is 2.11 bits per heavy atom. The Balaban J connectivity index is 2.16. The number of nitroso groups, excluding NO2 is 1. The summed E-state index contributed by atoms with van der Waals surface area (Å²) in [6.07, 6.45) is 0.535. The van der Waals surface area contributed by atoms with Gasteiger partial charge in [-0.05, 0) is 37.1 Å². The number of halogens is 3. The lowest BCUT2D eigenvalue weighted by atomic mass is 9.95. The third-order valence-electron chi connectivity index (χ3n) is 3.47. The van der Waals surface area contributed by atoms with Gasteiger partial charge in [0.05, 0.1) is 22.6 Å². The predicted molar refractivity (Wildman–Crippen MR) is 66.6 cm³/mol. The average molecular weight is 272 g/mol. The molecule has 1 aromatic carbocycles. The summed E-state index contributed by atoms with van der Waals surface area (Å²) >= 11 is 0. The first kappa shape index (κ1) is 13.8. The number of benzene rings is 1. The fourth-order valence-corrected chi connectivity index (χ4v) is 2.45. The van der Waals surface area contributed by atoms with Crippen LogP contribution in [0.25, 0.3) is 0 Å². The van der Waals surface area contributed by atoms with Gasteiger partial charge in [0.15, 0.2) is 0 Å². The molecule has 0 N–H and O–H groups in total. The fourth-order valence-electron chi connectivity index (χ4n) is 2.45. The van der Waals surface area contributed by atoms with Gasteiger partial charge in [-0.2, -0.15) is 13.2 Å². The molecule has 1 saturated carbocycles. The quantitative estimate of drug-likeness (QED) is 0.598. The van der Waals surface area contributed by atoms with Gasteiger partial charge in [0, 0.05) is 0 Å². The summed E-state index contributed by atoms with van der Waals surface area (Å²) < 4.78 is 37.4. The Kier molecular flexibility index (Phi) is 4.07. The van der Waals surface area contributed by atoms with E-state index in [1.165, 1.54) is 17.1 Å². The topological polar surface area (TPSA) is 32.7 Å². The number of alkyl halides is 3. The highest BCUT2D eigenvalue weighted by atomic mass is 19.4. The highest BCUT2D eigenvalue weighted by molar-refractivity contribution is 5.48. The fraction of sp³-hybridized carbons (Fsp3) is 0.538. The van der Waals surface area contributed by atoms with Crippen molar-refractivity contribution in [3.05, 3.63) is 34.7 Å². The van der Waals surface area contributed by atoms with Crippen LogP contribution in [-0.4, -0.2) is 6.04 Å². The van der Waals surface area contributed by atoms with Crippen molar-refractivity contribution in [2.24, 2.45) is 5.29 Å². The van der Waals surface area contributed by atoms with Gasteiger partial charge in [-0.3, -0.25) is 0 Å². The van der Waals surface area contributed by atoms with Crippen LogP contribution in [0.15, 0.2) is 29.6 Å². The van der Waals surface area contributed by atoms with E-state index in [4.69, 9.17) is 0 Å². The second-order valence-corrected chi connectivity index (χ2v) is 4.76. The van der Waals surface area contributed by atoms with Crippen LogP contribution < -0.4 is 5.01 Å². The van der Waals surface area contributed by atoms with Gasteiger partial charge in [0.25, 0.3) is 0 Å². The molecule has 1 fully saturated rings. The van der Waals surface area contributed by atoms with Crippen molar-refractivity contribution in [3.63, 3.8) is 0 Å². The van der Waals surface area contributed by atoms with Gasteiger partial charge in [-0.25, -0.2) is 5.01 Å². The van der Waals surface area contributed by atoms with Gasteiger partial charge in [0.1, 0.15) is 0 Å². The minimum atomic E-state index is -4.36. The van der Waals surface area contributed by atoms with Crippen LogP contribution in [0.3, 0.4) is 0 Å². The number of rotatable bonds is 3. The molecule has 0 saturated heterocycles. The molecule has 104 valence electrons. The highest BCUT2D eigenvalue weighted by Gasteiger charge is 2.30. The first-order chi connectivity index (χ1) is 9.02. The summed E-state index contributed by atoms with van der Waals surface area (Å²) in [6, 6.07) is 4.58. The number of anilines is 1. The molecule has 0 spiro atoms. The number of hydrogen-bond acceptors (Lipinski definition) is 2. The molecule has 6 heteroatoms. The molecule has 0 amide bonds. The van der Waals surface area contributed by atoms with E-state index in [0.717, 1.165) is 44.2 Å². The van der Waals surface area contributed by atoms with E-state index in [1.807, 2.05) is 0 Å². The third kappa shape index (κ3) is 3.24. The van der Waals surface area contributed by atoms with Crippen LogP contribution in [0.2, 0.25) is 0 Å². The zero-order valence-corrected chi connectivity index (χ0v) is 10.4. The second-order valence-electron chi connectivity index (χ2n) is 4.76. The zero-order valence-electron chi connectivity index (χ0n) is 10.4. The summed E-state index contributed by atoms with van der Waals surface area (Å²) in [5, 5.41) is 4.28. The predicted octanol–water partition coefficient (Wildman–Crippen LogP) is 4.53. The maximum atomic E-state index is 12.5. The largest absolute Gasteiger partial charge is 0.416 e. The summed E-state index contributed by atoms with van der Waals surface area (Å²) in [7, 11) is 0. The van der Waals surface area contributed by atoms with E-state index in [0.29, 0.717) is 5.69 Å². The molecule has 0 aliphatic heterocycles. The van der Waals surface area contributed by atoms with Crippen molar-refractivity contribution in [2.75, 3.05) is 5.01 Å². The van der Waals surface area contributed by atoms with E-state index >= 15 is 0 Å². The normalized spacial score (nSPS) is 17.2. The molecule has 0 heterocycles. The Bertz CT molecular complexity index is 425. The third-order valence-corrected chi connectivity index (χ3v) is 3.47. The Morgan fingerprint density at radius 1 is 1.05 bits per heavy atom. The molecule has 1 aliphatic carbocycles. The minimum absolute atomic E-state index is 0.00277. The van der Waals surface area contributed by atoms with Crippen molar-refractivity contribution in [3.8, 4) is 0 Å². The molecule has 0 unspecified atom stereocenters. The van der Waals surface area contributed by atoms with Crippen molar-refractivity contribution in [1.82, 2.24) is 0 Å². The lowest BCUT2D eigenvalue weighted by Crippen LogP contribution is -2.32. The van der Waals surface area contributed by atoms with E-state index < -0.39 is 11.7 Å². The monoisotopic (exact) mass is 272 g/mol. The van der Waals surface area contributed by atoms with Crippen molar-refractivity contribution in [2.45, 2.75) is 44.3 Å². The number of hydrogen-bond donors (Lipinski definition) is 0. The van der Waals surface area contributed by atoms with E-state index in [1.54, 1.807) is 0 Å². The van der Waals surface area contributed by atoms with Crippen LogP contribution in [-0.2, 0) is 6.18 Å². The Morgan fingerprint density at radius 2 is 1.63 bits per heavy atom. The maximum Gasteiger partial charge on any atom is 0.416 e. The highest BCUT2D eigenvalue weighted by Crippen LogP contribution is 2.32. The van der Waals surface area contributed by atoms with Gasteiger partial charge < -0.3 is 0 Å². The molecular weight excluding hydrogens is 257 g/mol. The lowest BCUT2D eigenvalue weighted by molar-refractivity contribution is -0.137. The molecule has 2 rings (SSSR count). The van der Waals surface area contributed by atoms with E-state index in [2.05, 4.69) is 5.29 Å². The minimum Gasteiger partial charge on any atom is -0.226 e. The Labute approximate surface area is 109 Å². The van der Waals surface area contributed by atoms with E-state index in [9.17, 15) is 18.1 Å². The zero-order chi connectivity index (χ0) is 13.9. The maximum absolute atomic E-state index is 12.5. The summed E-state index contributed by atoms with van der Waals surface area (Å²) in [4.78, 5) is 10.9. The van der Waals surface area contributed by atoms with E-state index in [-0.39, 0.29) is 6.04 Å². The van der Waals surface area contributed by atoms with Gasteiger partial charge in [0.2, 0.25) is 0 Å². The van der Waals surface area contributed by atoms with Crippen molar-refractivity contribution >= 4 is 5.69 Å². The summed E-state index contributed by atoms with van der Waals surface area (Å²) in [5.41, 5.74) is -0.291. The Hall–Kier alpha value is -1.59. The van der Waals surface area contributed by atoms with Gasteiger partial charge in [-0.1, -0.05) is 19.3 Å². The van der Waals surface area contributed by atoms with Crippen molar-refractivity contribution in [1.29, 1.82) is 0 Å². The summed E-state index contributed by atoms with van der Waals surface area (Å²) in [6.45, 7) is 0. The molecule has 3 nitrogen and oxygen atoms in total. The molecule has 0 radical (unpaired) electrons. The first-order valence-electron chi connectivity index (χ1n) is 6.32. The second kappa shape index (κ2) is 5.59. The van der Waals surface area contributed by atoms with Crippen LogP contribution >= 0.6 is 0 Å². The summed E-state index contributed by atoms with van der Waals surface area (Å²) in [5.74, 6) is 0. The molecule has 0 atom stereocenters.